The molecule has 3 aliphatic rings. The van der Waals surface area contributed by atoms with Crippen molar-refractivity contribution in [3.05, 3.63) is 71.3 Å². The molecule has 0 N–H and O–H groups in total. The lowest BCUT2D eigenvalue weighted by atomic mass is 9.66. The molecule has 0 aliphatic heterocycles. The average Bonchev–Trinajstić information content (AvgIpc) is 3.29. The Balaban J connectivity index is 1.46. The minimum Gasteiger partial charge on any atom is -0.461 e. The van der Waals surface area contributed by atoms with Crippen molar-refractivity contribution in [2.45, 2.75) is 72.3 Å². The fourth-order valence-electron chi connectivity index (χ4n) is 7.68. The topological polar surface area (TPSA) is 26.3 Å². The summed E-state index contributed by atoms with van der Waals surface area (Å²) in [5.41, 5.74) is 4.43. The van der Waals surface area contributed by atoms with Crippen LogP contribution in [-0.2, 0) is 28.8 Å². The number of hydrogen-bond donors (Lipinski definition) is 0. The smallest absolute Gasteiger partial charge is 0.309 e. The summed E-state index contributed by atoms with van der Waals surface area (Å²) in [6.45, 7) is 9.39. The number of esters is 1. The Labute approximate surface area is 187 Å². The first-order valence-electron chi connectivity index (χ1n) is 12.1. The van der Waals surface area contributed by atoms with Gasteiger partial charge in [-0.25, -0.2) is 0 Å². The van der Waals surface area contributed by atoms with E-state index in [2.05, 4.69) is 76.2 Å². The van der Waals surface area contributed by atoms with Gasteiger partial charge in [0.25, 0.3) is 0 Å². The number of fused-ring (bicyclic) bond motifs is 4. The maximum Gasteiger partial charge on any atom is 0.309 e. The van der Waals surface area contributed by atoms with Crippen LogP contribution in [0.2, 0.25) is 0 Å². The van der Waals surface area contributed by atoms with Crippen LogP contribution in [0.25, 0.3) is 0 Å². The number of benzene rings is 2. The van der Waals surface area contributed by atoms with Crippen molar-refractivity contribution in [3.8, 4) is 0 Å². The van der Waals surface area contributed by atoms with Crippen molar-refractivity contribution >= 4 is 5.97 Å². The van der Waals surface area contributed by atoms with Gasteiger partial charge in [-0.05, 0) is 66.5 Å². The molecule has 0 heterocycles. The van der Waals surface area contributed by atoms with Gasteiger partial charge >= 0.3 is 5.97 Å². The van der Waals surface area contributed by atoms with E-state index in [9.17, 15) is 4.79 Å². The first-order valence-corrected chi connectivity index (χ1v) is 12.1. The van der Waals surface area contributed by atoms with Gasteiger partial charge in [-0.1, -0.05) is 82.3 Å². The first-order chi connectivity index (χ1) is 14.8. The zero-order chi connectivity index (χ0) is 21.9. The highest BCUT2D eigenvalue weighted by Gasteiger charge is 2.74. The Hall–Kier alpha value is -2.09. The summed E-state index contributed by atoms with van der Waals surface area (Å²) in [6, 6.07) is 19.3. The minimum absolute atomic E-state index is 0.00141. The van der Waals surface area contributed by atoms with Crippen LogP contribution in [0.1, 0.15) is 63.6 Å². The van der Waals surface area contributed by atoms with E-state index in [1.165, 1.54) is 23.1 Å². The van der Waals surface area contributed by atoms with Crippen LogP contribution < -0.4 is 0 Å². The second kappa shape index (κ2) is 7.22. The van der Waals surface area contributed by atoms with E-state index in [1.54, 1.807) is 0 Å². The highest BCUT2D eigenvalue weighted by atomic mass is 16.5. The van der Waals surface area contributed by atoms with E-state index < -0.39 is 0 Å². The largest absolute Gasteiger partial charge is 0.461 e. The highest BCUT2D eigenvalue weighted by molar-refractivity contribution is 5.73. The summed E-state index contributed by atoms with van der Waals surface area (Å²) in [4.78, 5) is 13.6. The zero-order valence-corrected chi connectivity index (χ0v) is 19.5. The van der Waals surface area contributed by atoms with E-state index in [-0.39, 0.29) is 34.2 Å². The van der Waals surface area contributed by atoms with Crippen molar-refractivity contribution in [1.29, 1.82) is 0 Å². The molecule has 0 aromatic heterocycles. The standard InChI is InChI=1S/C29H36O2/c1-5-21(17-20-11-7-6-8-12-20)25(30)31-26-28(4)16-15-24(27(28,2)3)29(26)18-22-13-9-10-14-23(22)19-29/h6-14,21,24,26H,5,15-19H2,1-4H3. The van der Waals surface area contributed by atoms with Crippen LogP contribution in [0.15, 0.2) is 54.6 Å². The maximum atomic E-state index is 13.6. The van der Waals surface area contributed by atoms with Gasteiger partial charge < -0.3 is 4.74 Å². The number of carbonyl (C=O) groups is 1. The van der Waals surface area contributed by atoms with Crippen molar-refractivity contribution in [1.82, 2.24) is 0 Å². The Kier molecular flexibility index (Phi) is 4.84. The van der Waals surface area contributed by atoms with Gasteiger partial charge in [-0.2, -0.15) is 0 Å². The Bertz CT molecular complexity index is 950. The molecule has 2 fully saturated rings. The molecular formula is C29H36O2. The molecule has 2 aromatic carbocycles. The van der Waals surface area contributed by atoms with Gasteiger partial charge in [0, 0.05) is 10.8 Å². The zero-order valence-electron chi connectivity index (χ0n) is 19.5. The molecule has 2 bridgehead atoms. The fourth-order valence-corrected chi connectivity index (χ4v) is 7.68. The van der Waals surface area contributed by atoms with E-state index in [1.807, 2.05) is 6.07 Å². The lowest BCUT2D eigenvalue weighted by Crippen LogP contribution is -2.48. The molecule has 31 heavy (non-hydrogen) atoms. The van der Waals surface area contributed by atoms with Gasteiger partial charge in [-0.15, -0.1) is 0 Å². The summed E-state index contributed by atoms with van der Waals surface area (Å²) in [5, 5.41) is 0. The molecule has 2 saturated carbocycles. The third-order valence-corrected chi connectivity index (χ3v) is 9.63. The second-order valence-electron chi connectivity index (χ2n) is 11.2. The molecule has 1 spiro atoms. The van der Waals surface area contributed by atoms with Gasteiger partial charge in [0.15, 0.2) is 0 Å². The summed E-state index contributed by atoms with van der Waals surface area (Å²) >= 11 is 0. The number of carbonyl (C=O) groups excluding carboxylic acids is 1. The predicted molar refractivity (Wildman–Crippen MR) is 125 cm³/mol. The van der Waals surface area contributed by atoms with Crippen molar-refractivity contribution in [2.24, 2.45) is 28.1 Å². The van der Waals surface area contributed by atoms with E-state index in [0.29, 0.717) is 5.92 Å². The normalized spacial score (nSPS) is 30.3. The molecular weight excluding hydrogens is 380 g/mol. The molecule has 4 unspecified atom stereocenters. The van der Waals surface area contributed by atoms with Crippen LogP contribution >= 0.6 is 0 Å². The number of hydrogen-bond acceptors (Lipinski definition) is 2. The molecule has 0 amide bonds. The number of rotatable bonds is 5. The quantitative estimate of drug-likeness (QED) is 0.527. The van der Waals surface area contributed by atoms with Crippen molar-refractivity contribution < 1.29 is 9.53 Å². The third kappa shape index (κ3) is 2.93. The summed E-state index contributed by atoms with van der Waals surface area (Å²) in [6.07, 6.45) is 6.11. The van der Waals surface area contributed by atoms with E-state index in [4.69, 9.17) is 4.74 Å². The van der Waals surface area contributed by atoms with Gasteiger partial charge in [0.1, 0.15) is 6.10 Å². The van der Waals surface area contributed by atoms with Crippen molar-refractivity contribution in [3.63, 3.8) is 0 Å². The van der Waals surface area contributed by atoms with Gasteiger partial charge in [0.2, 0.25) is 0 Å². The summed E-state index contributed by atoms with van der Waals surface area (Å²) < 4.78 is 6.64. The molecule has 164 valence electrons. The maximum absolute atomic E-state index is 13.6. The van der Waals surface area contributed by atoms with E-state index >= 15 is 0 Å². The molecule has 2 aromatic rings. The number of ether oxygens (including phenoxy) is 1. The lowest BCUT2D eigenvalue weighted by Gasteiger charge is -2.44. The molecule has 3 aliphatic carbocycles. The third-order valence-electron chi connectivity index (χ3n) is 9.63. The van der Waals surface area contributed by atoms with E-state index in [0.717, 1.165) is 32.1 Å². The van der Waals surface area contributed by atoms with Gasteiger partial charge in [0.05, 0.1) is 5.92 Å². The minimum atomic E-state index is -0.0749. The molecule has 2 heteroatoms. The molecule has 4 atom stereocenters. The Morgan fingerprint density at radius 2 is 1.61 bits per heavy atom. The second-order valence-corrected chi connectivity index (χ2v) is 11.2. The molecule has 0 radical (unpaired) electrons. The van der Waals surface area contributed by atoms with Crippen molar-refractivity contribution in [2.75, 3.05) is 0 Å². The molecule has 2 nitrogen and oxygen atoms in total. The molecule has 5 rings (SSSR count). The monoisotopic (exact) mass is 416 g/mol. The highest BCUT2D eigenvalue weighted by Crippen LogP contribution is 2.75. The Morgan fingerprint density at radius 1 is 1.00 bits per heavy atom. The van der Waals surface area contributed by atoms with Crippen LogP contribution in [-0.4, -0.2) is 12.1 Å². The summed E-state index contributed by atoms with van der Waals surface area (Å²) in [5.74, 6) is 0.537. The lowest BCUT2D eigenvalue weighted by molar-refractivity contribution is -0.172. The molecule has 0 saturated heterocycles. The van der Waals surface area contributed by atoms with Gasteiger partial charge in [-0.3, -0.25) is 4.79 Å². The summed E-state index contributed by atoms with van der Waals surface area (Å²) in [7, 11) is 0. The predicted octanol–water partition coefficient (Wildman–Crippen LogP) is 6.41. The van der Waals surface area contributed by atoms with Crippen LogP contribution in [0, 0.1) is 28.1 Å². The Morgan fingerprint density at radius 3 is 2.23 bits per heavy atom. The van der Waals surface area contributed by atoms with Crippen LogP contribution in [0.5, 0.6) is 0 Å². The average molecular weight is 417 g/mol. The van der Waals surface area contributed by atoms with Crippen LogP contribution in [0.3, 0.4) is 0 Å². The van der Waals surface area contributed by atoms with Crippen LogP contribution in [0.4, 0.5) is 0 Å². The first kappa shape index (κ1) is 20.8. The fraction of sp³-hybridized carbons (Fsp3) is 0.552. The SMILES string of the molecule is CCC(Cc1ccccc1)C(=O)OC1C2(Cc3ccccc3C2)C2CCC1(C)C2(C)C.